The Morgan fingerprint density at radius 2 is 2.21 bits per heavy atom. The topological polar surface area (TPSA) is 49.5 Å². The molecule has 1 aliphatic rings. The van der Waals surface area contributed by atoms with Gasteiger partial charge in [0, 0.05) is 25.7 Å². The zero-order chi connectivity index (χ0) is 14.0. The maximum absolute atomic E-state index is 9.92. The summed E-state index contributed by atoms with van der Waals surface area (Å²) in [5.74, 6) is 0. The molecule has 0 aromatic heterocycles. The van der Waals surface area contributed by atoms with Crippen LogP contribution in [0.2, 0.25) is 10.0 Å². The molecule has 1 saturated heterocycles. The first-order valence-corrected chi connectivity index (χ1v) is 7.29. The Bertz CT molecular complexity index is 451. The lowest BCUT2D eigenvalue weighted by Crippen LogP contribution is -2.31. The molecule has 0 saturated carbocycles. The summed E-state index contributed by atoms with van der Waals surface area (Å²) in [6.07, 6.45) is 1.62. The highest BCUT2D eigenvalue weighted by atomic mass is 35.5. The maximum Gasteiger partial charge on any atom is 0.0758 e. The summed E-state index contributed by atoms with van der Waals surface area (Å²) in [5.41, 5.74) is 6.51. The molecule has 5 heteroatoms. The molecule has 3 nitrogen and oxygen atoms in total. The predicted molar refractivity (Wildman–Crippen MR) is 79.7 cm³/mol. The summed E-state index contributed by atoms with van der Waals surface area (Å²) in [5, 5.41) is 11.0. The van der Waals surface area contributed by atoms with E-state index < -0.39 is 5.60 Å². The number of benzene rings is 1. The van der Waals surface area contributed by atoms with Gasteiger partial charge in [-0.05, 0) is 31.4 Å². The average Bonchev–Trinajstić information content (AvgIpc) is 2.69. The lowest BCUT2D eigenvalue weighted by molar-refractivity contribution is 0.0684. The van der Waals surface area contributed by atoms with Crippen LogP contribution in [-0.4, -0.2) is 35.2 Å². The number of nitrogens with two attached hydrogens (primary N) is 1. The molecule has 3 N–H and O–H groups in total. The molecule has 2 rings (SSSR count). The van der Waals surface area contributed by atoms with Crippen molar-refractivity contribution in [2.75, 3.05) is 19.6 Å². The third-order valence-corrected chi connectivity index (χ3v) is 4.50. The van der Waals surface area contributed by atoms with Gasteiger partial charge in [-0.15, -0.1) is 0 Å². The summed E-state index contributed by atoms with van der Waals surface area (Å²) in [7, 11) is 0. The van der Waals surface area contributed by atoms with E-state index in [1.807, 2.05) is 19.1 Å². The smallest absolute Gasteiger partial charge is 0.0758 e. The second kappa shape index (κ2) is 5.98. The number of likely N-dealkylation sites (tertiary alicyclic amines) is 1. The van der Waals surface area contributed by atoms with Crippen LogP contribution >= 0.6 is 23.2 Å². The Morgan fingerprint density at radius 1 is 1.47 bits per heavy atom. The van der Waals surface area contributed by atoms with Gasteiger partial charge in [-0.1, -0.05) is 35.3 Å². The van der Waals surface area contributed by atoms with E-state index in [1.54, 1.807) is 6.07 Å². The van der Waals surface area contributed by atoms with Crippen LogP contribution < -0.4 is 5.73 Å². The molecular weight excluding hydrogens is 283 g/mol. The summed E-state index contributed by atoms with van der Waals surface area (Å²) in [4.78, 5) is 2.23. The van der Waals surface area contributed by atoms with Crippen molar-refractivity contribution < 1.29 is 5.11 Å². The minimum absolute atomic E-state index is 0.128. The molecule has 1 fully saturated rings. The lowest BCUT2D eigenvalue weighted by atomic mass is 10.0. The Balaban J connectivity index is 1.91. The minimum Gasteiger partial charge on any atom is -0.389 e. The van der Waals surface area contributed by atoms with E-state index in [0.717, 1.165) is 31.5 Å². The zero-order valence-electron chi connectivity index (χ0n) is 11.1. The van der Waals surface area contributed by atoms with Crippen LogP contribution in [0.4, 0.5) is 0 Å². The van der Waals surface area contributed by atoms with Gasteiger partial charge in [-0.25, -0.2) is 0 Å². The molecule has 106 valence electrons. The van der Waals surface area contributed by atoms with Crippen molar-refractivity contribution in [1.82, 2.24) is 4.90 Å². The average molecular weight is 303 g/mol. The largest absolute Gasteiger partial charge is 0.389 e. The number of nitrogens with zero attached hydrogens (tertiary/aromatic N) is 1. The second-order valence-corrected chi connectivity index (χ2v) is 6.35. The van der Waals surface area contributed by atoms with E-state index in [2.05, 4.69) is 4.90 Å². The zero-order valence-corrected chi connectivity index (χ0v) is 12.6. The van der Waals surface area contributed by atoms with Crippen LogP contribution in [0, 0.1) is 0 Å². The third-order valence-electron chi connectivity index (χ3n) is 3.67. The van der Waals surface area contributed by atoms with E-state index in [0.29, 0.717) is 16.6 Å². The number of aliphatic hydroxyl groups is 1. The summed E-state index contributed by atoms with van der Waals surface area (Å²) in [6.45, 7) is 4.37. The van der Waals surface area contributed by atoms with Gasteiger partial charge in [0.1, 0.15) is 0 Å². The predicted octanol–water partition coefficient (Wildman–Crippen LogP) is 2.84. The molecule has 2 atom stereocenters. The van der Waals surface area contributed by atoms with E-state index >= 15 is 0 Å². The first-order chi connectivity index (χ1) is 8.89. The highest BCUT2D eigenvalue weighted by molar-refractivity contribution is 6.42. The van der Waals surface area contributed by atoms with Gasteiger partial charge >= 0.3 is 0 Å². The van der Waals surface area contributed by atoms with Crippen molar-refractivity contribution in [2.45, 2.75) is 31.4 Å². The first kappa shape index (κ1) is 15.1. The second-order valence-electron chi connectivity index (χ2n) is 5.56. The van der Waals surface area contributed by atoms with E-state index in [9.17, 15) is 5.11 Å². The quantitative estimate of drug-likeness (QED) is 0.899. The van der Waals surface area contributed by atoms with Gasteiger partial charge in [0.25, 0.3) is 0 Å². The Labute approximate surface area is 124 Å². The van der Waals surface area contributed by atoms with E-state index in [-0.39, 0.29) is 6.04 Å². The fraction of sp³-hybridized carbons (Fsp3) is 0.571. The number of halogens is 2. The summed E-state index contributed by atoms with van der Waals surface area (Å²) >= 11 is 12.2. The molecule has 2 unspecified atom stereocenters. The van der Waals surface area contributed by atoms with Crippen molar-refractivity contribution >= 4 is 23.2 Å². The third kappa shape index (κ3) is 3.83. The van der Waals surface area contributed by atoms with Crippen molar-refractivity contribution in [1.29, 1.82) is 0 Å². The van der Waals surface area contributed by atoms with Crippen LogP contribution in [0.15, 0.2) is 18.2 Å². The van der Waals surface area contributed by atoms with Gasteiger partial charge in [-0.3, -0.25) is 0 Å². The molecule has 0 radical (unpaired) electrons. The van der Waals surface area contributed by atoms with Gasteiger partial charge in [0.15, 0.2) is 0 Å². The molecule has 1 aromatic carbocycles. The highest BCUT2D eigenvalue weighted by Gasteiger charge is 2.31. The number of rotatable bonds is 4. The number of β-amino-alcohol motifs (C(OH)–C–C–N with tert-alkyl or cyclic N) is 1. The van der Waals surface area contributed by atoms with Gasteiger partial charge in [0.05, 0.1) is 15.6 Å². The van der Waals surface area contributed by atoms with E-state index in [4.69, 9.17) is 28.9 Å². The van der Waals surface area contributed by atoms with Crippen molar-refractivity contribution in [3.63, 3.8) is 0 Å². The molecule has 0 bridgehead atoms. The van der Waals surface area contributed by atoms with Gasteiger partial charge in [0.2, 0.25) is 0 Å². The molecule has 0 aliphatic carbocycles. The van der Waals surface area contributed by atoms with Crippen molar-refractivity contribution in [2.24, 2.45) is 5.73 Å². The number of hydrogen-bond acceptors (Lipinski definition) is 3. The van der Waals surface area contributed by atoms with Gasteiger partial charge < -0.3 is 15.7 Å². The standard InChI is InChI=1S/C14H20Cl2N2O/c1-14(19)6-8-18(9-14)7-5-12(17)10-3-2-4-11(15)13(10)16/h2-4,12,19H,5-9,17H2,1H3. The van der Waals surface area contributed by atoms with Crippen molar-refractivity contribution in [3.05, 3.63) is 33.8 Å². The highest BCUT2D eigenvalue weighted by Crippen LogP contribution is 2.30. The maximum atomic E-state index is 9.92. The molecule has 1 aliphatic heterocycles. The molecule has 1 aromatic rings. The molecule has 1 heterocycles. The van der Waals surface area contributed by atoms with Crippen LogP contribution in [0.3, 0.4) is 0 Å². The minimum atomic E-state index is -0.558. The normalized spacial score (nSPS) is 25.7. The Hall–Kier alpha value is -0.320. The number of hydrogen-bond donors (Lipinski definition) is 2. The fourth-order valence-electron chi connectivity index (χ4n) is 2.51. The Kier molecular flexibility index (Phi) is 4.75. The van der Waals surface area contributed by atoms with Crippen molar-refractivity contribution in [3.8, 4) is 0 Å². The summed E-state index contributed by atoms with van der Waals surface area (Å²) in [6, 6.07) is 5.41. The summed E-state index contributed by atoms with van der Waals surface area (Å²) < 4.78 is 0. The monoisotopic (exact) mass is 302 g/mol. The molecular formula is C14H20Cl2N2O. The van der Waals surface area contributed by atoms with E-state index in [1.165, 1.54) is 0 Å². The van der Waals surface area contributed by atoms with Crippen LogP contribution in [0.5, 0.6) is 0 Å². The Morgan fingerprint density at radius 3 is 2.84 bits per heavy atom. The lowest BCUT2D eigenvalue weighted by Gasteiger charge is -2.21. The molecule has 0 spiro atoms. The fourth-order valence-corrected chi connectivity index (χ4v) is 2.96. The van der Waals surface area contributed by atoms with Crippen LogP contribution in [0.1, 0.15) is 31.4 Å². The van der Waals surface area contributed by atoms with Crippen LogP contribution in [0.25, 0.3) is 0 Å². The molecule has 19 heavy (non-hydrogen) atoms. The van der Waals surface area contributed by atoms with Gasteiger partial charge in [-0.2, -0.15) is 0 Å². The first-order valence-electron chi connectivity index (χ1n) is 6.53. The molecule has 0 amide bonds. The SMILES string of the molecule is CC1(O)CCN(CCC(N)c2cccc(Cl)c2Cl)C1. The van der Waals surface area contributed by atoms with Crippen LogP contribution in [-0.2, 0) is 0 Å².